The molecule has 1 heterocycles. The first kappa shape index (κ1) is 20.0. The smallest absolute Gasteiger partial charge is 0.137 e. The molecule has 0 aliphatic carbocycles. The molecule has 5 heteroatoms. The summed E-state index contributed by atoms with van der Waals surface area (Å²) in [5.74, 6) is 0.896. The first-order chi connectivity index (χ1) is 12.9. The van der Waals surface area contributed by atoms with Crippen molar-refractivity contribution >= 4 is 17.3 Å². The molecule has 1 aliphatic heterocycles. The van der Waals surface area contributed by atoms with Gasteiger partial charge in [0.05, 0.1) is 26.2 Å². The lowest BCUT2D eigenvalue weighted by atomic mass is 10.1. The number of hydrogen-bond acceptors (Lipinski definition) is 3. The van der Waals surface area contributed by atoms with Gasteiger partial charge in [0.1, 0.15) is 25.0 Å². The van der Waals surface area contributed by atoms with Gasteiger partial charge >= 0.3 is 0 Å². The summed E-state index contributed by atoms with van der Waals surface area (Å²) in [6, 6.07) is 12.2. The van der Waals surface area contributed by atoms with Crippen molar-refractivity contribution in [1.82, 2.24) is 0 Å². The van der Waals surface area contributed by atoms with Crippen LogP contribution in [0.25, 0.3) is 0 Å². The second kappa shape index (κ2) is 8.96. The minimum Gasteiger partial charge on any atom is -0.490 e. The van der Waals surface area contributed by atoms with Crippen molar-refractivity contribution in [2.24, 2.45) is 0 Å². The molecule has 0 saturated carbocycles. The Morgan fingerprint density at radius 1 is 1.07 bits per heavy atom. The predicted molar refractivity (Wildman–Crippen MR) is 111 cm³/mol. The zero-order chi connectivity index (χ0) is 19.4. The fourth-order valence-corrected chi connectivity index (χ4v) is 3.96. The highest BCUT2D eigenvalue weighted by Gasteiger charge is 2.24. The molecule has 1 aliphatic rings. The van der Waals surface area contributed by atoms with Crippen LogP contribution in [0, 0.1) is 20.8 Å². The monoisotopic (exact) mass is 389 g/mol. The van der Waals surface area contributed by atoms with Gasteiger partial charge < -0.3 is 19.6 Å². The van der Waals surface area contributed by atoms with E-state index in [1.807, 2.05) is 38.1 Å². The summed E-state index contributed by atoms with van der Waals surface area (Å²) in [5, 5.41) is 11.2. The number of aliphatic hydroxyl groups excluding tert-OH is 1. The summed E-state index contributed by atoms with van der Waals surface area (Å²) in [4.78, 5) is 3.81. The van der Waals surface area contributed by atoms with Gasteiger partial charge in [0.15, 0.2) is 0 Å². The zero-order valence-corrected chi connectivity index (χ0v) is 17.2. The van der Waals surface area contributed by atoms with Gasteiger partial charge in [-0.1, -0.05) is 35.9 Å². The van der Waals surface area contributed by atoms with Crippen molar-refractivity contribution in [2.45, 2.75) is 26.9 Å². The molecular weight excluding hydrogens is 360 g/mol. The van der Waals surface area contributed by atoms with Crippen LogP contribution in [-0.4, -0.2) is 50.5 Å². The third kappa shape index (κ3) is 5.16. The maximum absolute atomic E-state index is 10.4. The quantitative estimate of drug-likeness (QED) is 0.796. The van der Waals surface area contributed by atoms with Gasteiger partial charge in [0.25, 0.3) is 0 Å². The Bertz CT molecular complexity index is 753. The summed E-state index contributed by atoms with van der Waals surface area (Å²) < 4.78 is 5.90. The van der Waals surface area contributed by atoms with E-state index in [-0.39, 0.29) is 0 Å². The van der Waals surface area contributed by atoms with Crippen LogP contribution in [0.3, 0.4) is 0 Å². The van der Waals surface area contributed by atoms with Crippen molar-refractivity contribution in [2.75, 3.05) is 44.2 Å². The van der Waals surface area contributed by atoms with Crippen molar-refractivity contribution in [3.05, 3.63) is 58.1 Å². The summed E-state index contributed by atoms with van der Waals surface area (Å²) in [7, 11) is 0. The highest BCUT2D eigenvalue weighted by atomic mass is 35.5. The van der Waals surface area contributed by atoms with E-state index in [1.165, 1.54) is 16.2 Å². The Morgan fingerprint density at radius 2 is 1.74 bits per heavy atom. The number of hydrogen-bond donors (Lipinski definition) is 2. The number of halogens is 1. The highest BCUT2D eigenvalue weighted by molar-refractivity contribution is 6.30. The van der Waals surface area contributed by atoms with Gasteiger partial charge in [-0.3, -0.25) is 0 Å². The lowest BCUT2D eigenvalue weighted by Gasteiger charge is -2.35. The van der Waals surface area contributed by atoms with Gasteiger partial charge in [0.2, 0.25) is 0 Å². The lowest BCUT2D eigenvalue weighted by molar-refractivity contribution is -0.903. The number of benzene rings is 2. The van der Waals surface area contributed by atoms with Crippen LogP contribution in [0.4, 0.5) is 5.69 Å². The molecule has 0 radical (unpaired) electrons. The molecule has 0 spiro atoms. The number of nitrogens with zero attached hydrogens (tertiary/aromatic N) is 1. The number of ether oxygens (including phenoxy) is 1. The normalized spacial score (nSPS) is 16.4. The average Bonchev–Trinajstić information content (AvgIpc) is 2.64. The number of para-hydroxylation sites is 1. The van der Waals surface area contributed by atoms with E-state index in [0.29, 0.717) is 13.2 Å². The Hall–Kier alpha value is -1.75. The molecule has 4 nitrogen and oxygen atoms in total. The van der Waals surface area contributed by atoms with Crippen molar-refractivity contribution < 1.29 is 14.7 Å². The minimum absolute atomic E-state index is 0.340. The fourth-order valence-electron chi connectivity index (χ4n) is 3.79. The van der Waals surface area contributed by atoms with Gasteiger partial charge in [-0.05, 0) is 49.6 Å². The summed E-state index contributed by atoms with van der Waals surface area (Å²) in [6.07, 6.45) is -0.460. The molecule has 0 amide bonds. The molecule has 0 bridgehead atoms. The van der Waals surface area contributed by atoms with E-state index in [9.17, 15) is 5.11 Å². The molecule has 0 aromatic heterocycles. The van der Waals surface area contributed by atoms with Gasteiger partial charge in [-0.15, -0.1) is 0 Å². The van der Waals surface area contributed by atoms with Gasteiger partial charge in [-0.25, -0.2) is 0 Å². The maximum Gasteiger partial charge on any atom is 0.137 e. The van der Waals surface area contributed by atoms with Crippen LogP contribution in [0.1, 0.15) is 16.7 Å². The molecule has 1 fully saturated rings. The van der Waals surface area contributed by atoms with Crippen LogP contribution >= 0.6 is 11.6 Å². The maximum atomic E-state index is 10.4. The van der Waals surface area contributed by atoms with Crippen LogP contribution in [-0.2, 0) is 0 Å². The Balaban J connectivity index is 1.48. The molecule has 2 aromatic rings. The molecule has 0 unspecified atom stereocenters. The Labute approximate surface area is 167 Å². The van der Waals surface area contributed by atoms with E-state index in [1.54, 1.807) is 0 Å². The van der Waals surface area contributed by atoms with E-state index >= 15 is 0 Å². The predicted octanol–water partition coefficient (Wildman–Crippen LogP) is 2.41. The van der Waals surface area contributed by atoms with E-state index in [4.69, 9.17) is 16.3 Å². The molecule has 27 heavy (non-hydrogen) atoms. The standard InChI is InChI=1S/C22H29ClN2O2/c1-16-7-8-19(23)13-21(16)25-11-9-24(10-12-25)14-20(26)15-27-22-17(2)5-4-6-18(22)3/h4-8,13,20,26H,9-12,14-15H2,1-3H3/p+1/t20-/m1/s1. The Kier molecular flexibility index (Phi) is 6.64. The third-order valence-electron chi connectivity index (χ3n) is 5.34. The molecule has 2 N–H and O–H groups in total. The largest absolute Gasteiger partial charge is 0.490 e. The van der Waals surface area contributed by atoms with E-state index in [2.05, 4.69) is 24.0 Å². The fraction of sp³-hybridized carbons (Fsp3) is 0.455. The summed E-state index contributed by atoms with van der Waals surface area (Å²) in [5.41, 5.74) is 4.70. The van der Waals surface area contributed by atoms with E-state index < -0.39 is 6.10 Å². The summed E-state index contributed by atoms with van der Waals surface area (Å²) >= 11 is 6.16. The van der Waals surface area contributed by atoms with Crippen molar-refractivity contribution in [3.8, 4) is 5.75 Å². The topological polar surface area (TPSA) is 37.1 Å². The highest BCUT2D eigenvalue weighted by Crippen LogP contribution is 2.24. The SMILES string of the molecule is Cc1ccc(Cl)cc1N1CC[NH+](C[C@@H](O)COc2c(C)cccc2C)CC1. The number of piperazine rings is 1. The minimum atomic E-state index is -0.460. The van der Waals surface area contributed by atoms with Gasteiger partial charge in [0, 0.05) is 10.7 Å². The van der Waals surface area contributed by atoms with Crippen LogP contribution in [0.2, 0.25) is 5.02 Å². The zero-order valence-electron chi connectivity index (χ0n) is 16.5. The first-order valence-electron chi connectivity index (χ1n) is 9.66. The molecule has 146 valence electrons. The van der Waals surface area contributed by atoms with Crippen molar-refractivity contribution in [3.63, 3.8) is 0 Å². The number of nitrogens with one attached hydrogen (secondary N) is 1. The van der Waals surface area contributed by atoms with Crippen molar-refractivity contribution in [1.29, 1.82) is 0 Å². The molecular formula is C22H30ClN2O2+. The van der Waals surface area contributed by atoms with Crippen LogP contribution in [0.5, 0.6) is 5.75 Å². The second-order valence-corrected chi connectivity index (χ2v) is 7.99. The van der Waals surface area contributed by atoms with Gasteiger partial charge in [-0.2, -0.15) is 0 Å². The third-order valence-corrected chi connectivity index (χ3v) is 5.57. The first-order valence-corrected chi connectivity index (χ1v) is 10.0. The number of quaternary nitrogens is 1. The second-order valence-electron chi connectivity index (χ2n) is 7.56. The number of aryl methyl sites for hydroxylation is 3. The van der Waals surface area contributed by atoms with Crippen LogP contribution < -0.4 is 14.5 Å². The number of rotatable bonds is 6. The van der Waals surface area contributed by atoms with Crippen LogP contribution in [0.15, 0.2) is 36.4 Å². The van der Waals surface area contributed by atoms with E-state index in [0.717, 1.165) is 48.1 Å². The molecule has 2 aromatic carbocycles. The number of anilines is 1. The molecule has 1 atom stereocenters. The molecule has 1 saturated heterocycles. The summed E-state index contributed by atoms with van der Waals surface area (Å²) in [6.45, 7) is 11.2. The average molecular weight is 390 g/mol. The Morgan fingerprint density at radius 3 is 2.41 bits per heavy atom. The molecule has 3 rings (SSSR count). The number of aliphatic hydroxyl groups is 1. The lowest BCUT2D eigenvalue weighted by Crippen LogP contribution is -3.16.